The summed E-state index contributed by atoms with van der Waals surface area (Å²) in [6.07, 6.45) is 1.50. The molecule has 0 radical (unpaired) electrons. The largest absolute Gasteiger partial charge is 0.507 e. The lowest BCUT2D eigenvalue weighted by Crippen LogP contribution is -2.15. The number of benzene rings is 2. The summed E-state index contributed by atoms with van der Waals surface area (Å²) in [6, 6.07) is 9.21. The maximum absolute atomic E-state index is 11.7. The van der Waals surface area contributed by atoms with Gasteiger partial charge in [-0.05, 0) is 42.8 Å². The van der Waals surface area contributed by atoms with Gasteiger partial charge in [-0.15, -0.1) is 0 Å². The van der Waals surface area contributed by atoms with Crippen molar-refractivity contribution in [3.05, 3.63) is 62.0 Å². The summed E-state index contributed by atoms with van der Waals surface area (Å²) in [4.78, 5) is 18.5. The topological polar surface area (TPSA) is 90.4 Å². The van der Waals surface area contributed by atoms with Crippen molar-refractivity contribution in [3.63, 3.8) is 0 Å². The minimum atomic E-state index is -0.210. The zero-order valence-electron chi connectivity index (χ0n) is 13.1. The van der Waals surface area contributed by atoms with Crippen molar-refractivity contribution >= 4 is 38.9 Å². The first kappa shape index (κ1) is 16.2. The van der Waals surface area contributed by atoms with Gasteiger partial charge in [-0.1, -0.05) is 28.1 Å². The molecule has 0 saturated heterocycles. The summed E-state index contributed by atoms with van der Waals surface area (Å²) in [7, 11) is 0. The molecule has 1 heterocycles. The fourth-order valence-electron chi connectivity index (χ4n) is 2.30. The number of anilines is 1. The van der Waals surface area contributed by atoms with Gasteiger partial charge in [0.25, 0.3) is 5.56 Å². The third kappa shape index (κ3) is 3.16. The van der Waals surface area contributed by atoms with Crippen molar-refractivity contribution in [3.8, 4) is 5.75 Å². The van der Waals surface area contributed by atoms with Crippen LogP contribution in [-0.2, 0) is 0 Å². The summed E-state index contributed by atoms with van der Waals surface area (Å²) in [5.41, 5.74) is 4.26. The number of nitrogens with one attached hydrogen (secondary N) is 2. The second-order valence-corrected chi connectivity index (χ2v) is 6.27. The molecule has 0 bridgehead atoms. The van der Waals surface area contributed by atoms with Gasteiger partial charge in [-0.2, -0.15) is 5.10 Å². The van der Waals surface area contributed by atoms with Crippen molar-refractivity contribution in [1.82, 2.24) is 9.97 Å². The lowest BCUT2D eigenvalue weighted by atomic mass is 10.0. The van der Waals surface area contributed by atoms with E-state index >= 15 is 0 Å². The summed E-state index contributed by atoms with van der Waals surface area (Å²) < 4.78 is 0.957. The molecule has 0 fully saturated rings. The zero-order chi connectivity index (χ0) is 17.3. The average molecular weight is 387 g/mol. The van der Waals surface area contributed by atoms with Crippen LogP contribution in [0.1, 0.15) is 16.8 Å². The molecule has 7 heteroatoms. The van der Waals surface area contributed by atoms with Crippen LogP contribution in [-0.4, -0.2) is 21.3 Å². The minimum Gasteiger partial charge on any atom is -0.507 e. The third-order valence-corrected chi connectivity index (χ3v) is 4.25. The molecule has 3 aromatic rings. The quantitative estimate of drug-likeness (QED) is 0.474. The Bertz CT molecular complexity index is 1010. The van der Waals surface area contributed by atoms with Crippen molar-refractivity contribution < 1.29 is 5.11 Å². The number of phenols is 1. The summed E-state index contributed by atoms with van der Waals surface area (Å²) >= 11 is 3.43. The number of halogens is 1. The SMILES string of the molecule is Cc1nc(N/N=C\c2c(O)ccc3cc(Br)ccc23)[nH]c(=O)c1C. The van der Waals surface area contributed by atoms with Gasteiger partial charge in [0.1, 0.15) is 5.75 Å². The minimum absolute atomic E-state index is 0.122. The zero-order valence-corrected chi connectivity index (χ0v) is 14.7. The standard InChI is InChI=1S/C17H15BrN4O2/c1-9-10(2)20-17(21-16(9)24)22-19-8-14-13-5-4-12(18)7-11(13)3-6-15(14)23/h3-8,23H,1-2H3,(H2,20,21,22,24)/b19-8-. The van der Waals surface area contributed by atoms with Gasteiger partial charge < -0.3 is 5.11 Å². The van der Waals surface area contributed by atoms with Crippen LogP contribution in [0.25, 0.3) is 10.8 Å². The number of hydrogen-bond acceptors (Lipinski definition) is 5. The Morgan fingerprint density at radius 1 is 1.29 bits per heavy atom. The van der Waals surface area contributed by atoms with E-state index in [1.54, 1.807) is 19.9 Å². The molecule has 0 atom stereocenters. The Hall–Kier alpha value is -2.67. The monoisotopic (exact) mass is 386 g/mol. The van der Waals surface area contributed by atoms with Crippen LogP contribution < -0.4 is 11.0 Å². The number of aromatic amines is 1. The van der Waals surface area contributed by atoms with Crippen LogP contribution >= 0.6 is 15.9 Å². The molecule has 0 aliphatic heterocycles. The van der Waals surface area contributed by atoms with Gasteiger partial charge in [-0.3, -0.25) is 9.78 Å². The van der Waals surface area contributed by atoms with E-state index in [2.05, 4.69) is 36.4 Å². The average Bonchev–Trinajstić information content (AvgIpc) is 2.54. The number of fused-ring (bicyclic) bond motifs is 1. The van der Waals surface area contributed by atoms with E-state index in [-0.39, 0.29) is 17.3 Å². The molecule has 1 aromatic heterocycles. The van der Waals surface area contributed by atoms with E-state index < -0.39 is 0 Å². The smallest absolute Gasteiger partial charge is 0.255 e. The van der Waals surface area contributed by atoms with Crippen molar-refractivity contribution in [2.24, 2.45) is 5.10 Å². The Labute approximate surface area is 146 Å². The molecule has 3 N–H and O–H groups in total. The second kappa shape index (κ2) is 6.45. The van der Waals surface area contributed by atoms with E-state index in [1.165, 1.54) is 6.21 Å². The summed E-state index contributed by atoms with van der Waals surface area (Å²) in [5, 5.41) is 16.0. The summed E-state index contributed by atoms with van der Waals surface area (Å²) in [6.45, 7) is 3.47. The first-order chi connectivity index (χ1) is 11.5. The van der Waals surface area contributed by atoms with Gasteiger partial charge in [0, 0.05) is 21.3 Å². The van der Waals surface area contributed by atoms with E-state index in [1.807, 2.05) is 24.3 Å². The van der Waals surface area contributed by atoms with E-state index in [0.29, 0.717) is 16.8 Å². The predicted octanol–water partition coefficient (Wildman–Crippen LogP) is 3.45. The highest BCUT2D eigenvalue weighted by Crippen LogP contribution is 2.28. The first-order valence-electron chi connectivity index (χ1n) is 7.23. The molecule has 24 heavy (non-hydrogen) atoms. The van der Waals surface area contributed by atoms with Gasteiger partial charge in [0.15, 0.2) is 0 Å². The number of aromatic hydroxyl groups is 1. The highest BCUT2D eigenvalue weighted by molar-refractivity contribution is 9.10. The Balaban J connectivity index is 1.94. The number of H-pyrrole nitrogens is 1. The number of hydrogen-bond donors (Lipinski definition) is 3. The van der Waals surface area contributed by atoms with Crippen LogP contribution in [0.2, 0.25) is 0 Å². The van der Waals surface area contributed by atoms with Gasteiger partial charge in [-0.25, -0.2) is 10.4 Å². The number of nitrogens with zero attached hydrogens (tertiary/aromatic N) is 2. The van der Waals surface area contributed by atoms with Crippen LogP contribution in [0.4, 0.5) is 5.95 Å². The van der Waals surface area contributed by atoms with Crippen LogP contribution in [0.5, 0.6) is 5.75 Å². The van der Waals surface area contributed by atoms with Crippen LogP contribution in [0.15, 0.2) is 44.7 Å². The summed E-state index contributed by atoms with van der Waals surface area (Å²) in [5.74, 6) is 0.374. The molecular weight excluding hydrogens is 372 g/mol. The highest BCUT2D eigenvalue weighted by atomic mass is 79.9. The first-order valence-corrected chi connectivity index (χ1v) is 8.03. The number of hydrazone groups is 1. The molecule has 0 aliphatic carbocycles. The predicted molar refractivity (Wildman–Crippen MR) is 98.9 cm³/mol. The van der Waals surface area contributed by atoms with Gasteiger partial charge >= 0.3 is 0 Å². The maximum Gasteiger partial charge on any atom is 0.255 e. The normalized spacial score (nSPS) is 11.3. The fourth-order valence-corrected chi connectivity index (χ4v) is 2.68. The number of aryl methyl sites for hydroxylation is 1. The van der Waals surface area contributed by atoms with E-state index in [9.17, 15) is 9.90 Å². The van der Waals surface area contributed by atoms with Crippen LogP contribution in [0.3, 0.4) is 0 Å². The molecule has 122 valence electrons. The molecule has 3 rings (SSSR count). The highest BCUT2D eigenvalue weighted by Gasteiger charge is 2.06. The Morgan fingerprint density at radius 2 is 2.08 bits per heavy atom. The van der Waals surface area contributed by atoms with Crippen LogP contribution in [0, 0.1) is 13.8 Å². The molecule has 6 nitrogen and oxygen atoms in total. The number of rotatable bonds is 3. The molecule has 0 spiro atoms. The number of phenolic OH excluding ortho intramolecular Hbond substituents is 1. The second-order valence-electron chi connectivity index (χ2n) is 5.36. The van der Waals surface area contributed by atoms with Crippen molar-refractivity contribution in [2.45, 2.75) is 13.8 Å². The molecule has 0 unspecified atom stereocenters. The van der Waals surface area contributed by atoms with Crippen molar-refractivity contribution in [1.29, 1.82) is 0 Å². The maximum atomic E-state index is 11.7. The van der Waals surface area contributed by atoms with Gasteiger partial charge in [0.05, 0.1) is 6.21 Å². The van der Waals surface area contributed by atoms with Gasteiger partial charge in [0.2, 0.25) is 5.95 Å². The lowest BCUT2D eigenvalue weighted by molar-refractivity contribution is 0.475. The Morgan fingerprint density at radius 3 is 2.83 bits per heavy atom. The van der Waals surface area contributed by atoms with E-state index in [0.717, 1.165) is 15.2 Å². The lowest BCUT2D eigenvalue weighted by Gasteiger charge is -2.06. The molecule has 0 amide bonds. The molecule has 2 aromatic carbocycles. The third-order valence-electron chi connectivity index (χ3n) is 3.76. The van der Waals surface area contributed by atoms with Crippen molar-refractivity contribution in [2.75, 3.05) is 5.43 Å². The number of aromatic nitrogens is 2. The molecule has 0 aliphatic rings. The Kier molecular flexibility index (Phi) is 4.35. The molecule has 0 saturated carbocycles. The fraction of sp³-hybridized carbons (Fsp3) is 0.118. The molecular formula is C17H15BrN4O2. The van der Waals surface area contributed by atoms with E-state index in [4.69, 9.17) is 0 Å².